The Labute approximate surface area is 103 Å². The van der Waals surface area contributed by atoms with Crippen molar-refractivity contribution in [2.45, 2.75) is 38.9 Å². The van der Waals surface area contributed by atoms with E-state index in [2.05, 4.69) is 5.16 Å². The molecule has 0 aliphatic carbocycles. The van der Waals surface area contributed by atoms with Crippen LogP contribution in [0.1, 0.15) is 25.3 Å². The number of carbonyl (C=O) groups is 2. The summed E-state index contributed by atoms with van der Waals surface area (Å²) < 4.78 is 9.88. The molecule has 100 valence electrons. The SMILES string of the molecule is Cc1cc(CC(OC(C)C)(C(=O)O)C(=O)O)no1. The highest BCUT2D eigenvalue weighted by Crippen LogP contribution is 2.21. The van der Waals surface area contributed by atoms with Gasteiger partial charge in [0.15, 0.2) is 0 Å². The molecule has 7 heteroatoms. The molecule has 1 aromatic rings. The van der Waals surface area contributed by atoms with Crippen LogP contribution in [0.3, 0.4) is 0 Å². The van der Waals surface area contributed by atoms with E-state index in [0.717, 1.165) is 0 Å². The zero-order chi connectivity index (χ0) is 13.9. The Kier molecular flexibility index (Phi) is 4.07. The Morgan fingerprint density at radius 1 is 1.44 bits per heavy atom. The highest BCUT2D eigenvalue weighted by Gasteiger charge is 2.49. The lowest BCUT2D eigenvalue weighted by Gasteiger charge is -2.26. The Bertz CT molecular complexity index is 436. The van der Waals surface area contributed by atoms with Crippen molar-refractivity contribution in [1.29, 1.82) is 0 Å². The first kappa shape index (κ1) is 14.2. The maximum atomic E-state index is 11.2. The normalized spacial score (nSPS) is 11.8. The monoisotopic (exact) mass is 257 g/mol. The van der Waals surface area contributed by atoms with Gasteiger partial charge >= 0.3 is 11.9 Å². The number of hydrogen-bond acceptors (Lipinski definition) is 5. The predicted octanol–water partition coefficient (Wildman–Crippen LogP) is 0.859. The number of carboxylic acids is 2. The molecule has 7 nitrogen and oxygen atoms in total. The number of aliphatic carboxylic acids is 2. The van der Waals surface area contributed by atoms with Crippen LogP contribution in [0.15, 0.2) is 10.6 Å². The molecule has 0 aromatic carbocycles. The van der Waals surface area contributed by atoms with Crippen molar-refractivity contribution < 1.29 is 29.1 Å². The van der Waals surface area contributed by atoms with Crippen molar-refractivity contribution in [2.24, 2.45) is 0 Å². The van der Waals surface area contributed by atoms with E-state index < -0.39 is 30.1 Å². The van der Waals surface area contributed by atoms with E-state index in [0.29, 0.717) is 5.76 Å². The van der Waals surface area contributed by atoms with E-state index in [-0.39, 0.29) is 5.69 Å². The molecule has 0 fully saturated rings. The highest BCUT2D eigenvalue weighted by atomic mass is 16.6. The number of rotatable bonds is 6. The fourth-order valence-electron chi connectivity index (χ4n) is 1.54. The number of carboxylic acid groups (broad SMARTS) is 2. The fourth-order valence-corrected chi connectivity index (χ4v) is 1.54. The van der Waals surface area contributed by atoms with E-state index >= 15 is 0 Å². The Morgan fingerprint density at radius 2 is 2.00 bits per heavy atom. The molecule has 0 bridgehead atoms. The first-order chi connectivity index (χ1) is 8.28. The largest absolute Gasteiger partial charge is 0.479 e. The minimum absolute atomic E-state index is 0.220. The number of aromatic nitrogens is 1. The van der Waals surface area contributed by atoms with Crippen LogP contribution in [0.25, 0.3) is 0 Å². The van der Waals surface area contributed by atoms with E-state index in [1.165, 1.54) is 6.07 Å². The standard InChI is InChI=1S/C11H15NO6/c1-6(2)17-11(9(13)14,10(15)16)5-8-4-7(3)18-12-8/h4,6H,5H2,1-3H3,(H,13,14)(H,15,16). The van der Waals surface area contributed by atoms with Crippen LogP contribution in [-0.4, -0.2) is 39.0 Å². The van der Waals surface area contributed by atoms with Gasteiger partial charge in [-0.25, -0.2) is 9.59 Å². The van der Waals surface area contributed by atoms with Gasteiger partial charge in [-0.05, 0) is 20.8 Å². The molecule has 1 rings (SSSR count). The van der Waals surface area contributed by atoms with Gasteiger partial charge in [0, 0.05) is 12.5 Å². The summed E-state index contributed by atoms with van der Waals surface area (Å²) >= 11 is 0. The van der Waals surface area contributed by atoms with Gasteiger partial charge in [-0.2, -0.15) is 0 Å². The smallest absolute Gasteiger partial charge is 0.348 e. The van der Waals surface area contributed by atoms with Crippen molar-refractivity contribution in [3.63, 3.8) is 0 Å². The molecule has 0 aliphatic rings. The highest BCUT2D eigenvalue weighted by molar-refractivity contribution is 6.02. The Hall–Kier alpha value is -1.89. The second-order valence-corrected chi connectivity index (χ2v) is 4.21. The van der Waals surface area contributed by atoms with Gasteiger partial charge in [0.25, 0.3) is 5.60 Å². The van der Waals surface area contributed by atoms with Gasteiger partial charge in [0.05, 0.1) is 11.8 Å². The maximum Gasteiger partial charge on any atom is 0.348 e. The summed E-state index contributed by atoms with van der Waals surface area (Å²) in [6.45, 7) is 4.76. The number of hydrogen-bond donors (Lipinski definition) is 2. The van der Waals surface area contributed by atoms with Crippen LogP contribution in [0.4, 0.5) is 0 Å². The number of ether oxygens (including phenoxy) is 1. The van der Waals surface area contributed by atoms with Crippen LogP contribution >= 0.6 is 0 Å². The van der Waals surface area contributed by atoms with Gasteiger partial charge in [-0.1, -0.05) is 5.16 Å². The summed E-state index contributed by atoms with van der Waals surface area (Å²) in [6.07, 6.45) is -0.946. The van der Waals surface area contributed by atoms with Crippen molar-refractivity contribution in [3.05, 3.63) is 17.5 Å². The number of aryl methyl sites for hydroxylation is 1. The first-order valence-corrected chi connectivity index (χ1v) is 5.34. The summed E-state index contributed by atoms with van der Waals surface area (Å²) in [6, 6.07) is 1.48. The maximum absolute atomic E-state index is 11.2. The molecule has 0 atom stereocenters. The van der Waals surface area contributed by atoms with Crippen LogP contribution in [0, 0.1) is 6.92 Å². The van der Waals surface area contributed by atoms with Gasteiger partial charge in [0.2, 0.25) is 0 Å². The van der Waals surface area contributed by atoms with Crippen molar-refractivity contribution >= 4 is 11.9 Å². The van der Waals surface area contributed by atoms with Gasteiger partial charge in [-0.3, -0.25) is 0 Å². The minimum atomic E-state index is -2.35. The molecule has 2 N–H and O–H groups in total. The average molecular weight is 257 g/mol. The van der Waals surface area contributed by atoms with Gasteiger partial charge in [0.1, 0.15) is 5.76 Å². The van der Waals surface area contributed by atoms with Crippen LogP contribution in [-0.2, 0) is 20.7 Å². The topological polar surface area (TPSA) is 110 Å². The molecule has 0 aliphatic heterocycles. The molecule has 0 spiro atoms. The van der Waals surface area contributed by atoms with Gasteiger partial charge < -0.3 is 19.5 Å². The molecule has 0 radical (unpaired) electrons. The van der Waals surface area contributed by atoms with E-state index in [9.17, 15) is 9.59 Å². The van der Waals surface area contributed by atoms with Crippen molar-refractivity contribution in [1.82, 2.24) is 5.16 Å². The van der Waals surface area contributed by atoms with E-state index in [1.54, 1.807) is 20.8 Å². The summed E-state index contributed by atoms with van der Waals surface area (Å²) in [5, 5.41) is 21.9. The summed E-state index contributed by atoms with van der Waals surface area (Å²) in [4.78, 5) is 22.5. The lowest BCUT2D eigenvalue weighted by Crippen LogP contribution is -2.52. The quantitative estimate of drug-likeness (QED) is 0.727. The molecular formula is C11H15NO6. The molecular weight excluding hydrogens is 242 g/mol. The zero-order valence-corrected chi connectivity index (χ0v) is 10.3. The van der Waals surface area contributed by atoms with Crippen LogP contribution in [0.5, 0.6) is 0 Å². The summed E-state index contributed by atoms with van der Waals surface area (Å²) in [7, 11) is 0. The lowest BCUT2D eigenvalue weighted by atomic mass is 9.97. The summed E-state index contributed by atoms with van der Waals surface area (Å²) in [5.41, 5.74) is -2.13. The average Bonchev–Trinajstić information content (AvgIpc) is 2.61. The van der Waals surface area contributed by atoms with Crippen molar-refractivity contribution in [3.8, 4) is 0 Å². The van der Waals surface area contributed by atoms with E-state index in [4.69, 9.17) is 19.5 Å². The molecule has 0 unspecified atom stereocenters. The van der Waals surface area contributed by atoms with Crippen LogP contribution < -0.4 is 0 Å². The number of nitrogens with zero attached hydrogens (tertiary/aromatic N) is 1. The first-order valence-electron chi connectivity index (χ1n) is 5.34. The van der Waals surface area contributed by atoms with Crippen LogP contribution in [0.2, 0.25) is 0 Å². The third kappa shape index (κ3) is 2.86. The second kappa shape index (κ2) is 5.18. The zero-order valence-electron chi connectivity index (χ0n) is 10.3. The van der Waals surface area contributed by atoms with Gasteiger partial charge in [-0.15, -0.1) is 0 Å². The Balaban J connectivity index is 3.09. The summed E-state index contributed by atoms with van der Waals surface area (Å²) in [5.74, 6) is -2.66. The molecule has 1 aromatic heterocycles. The Morgan fingerprint density at radius 3 is 2.33 bits per heavy atom. The van der Waals surface area contributed by atoms with E-state index in [1.807, 2.05) is 0 Å². The minimum Gasteiger partial charge on any atom is -0.479 e. The predicted molar refractivity (Wildman–Crippen MR) is 59.2 cm³/mol. The fraction of sp³-hybridized carbons (Fsp3) is 0.545. The third-order valence-electron chi connectivity index (χ3n) is 2.23. The van der Waals surface area contributed by atoms with Crippen molar-refractivity contribution in [2.75, 3.05) is 0 Å². The molecule has 0 saturated heterocycles. The third-order valence-corrected chi connectivity index (χ3v) is 2.23. The molecule has 18 heavy (non-hydrogen) atoms. The second-order valence-electron chi connectivity index (χ2n) is 4.21. The molecule has 0 saturated carbocycles. The lowest BCUT2D eigenvalue weighted by molar-refractivity contribution is -0.189. The molecule has 0 amide bonds. The molecule has 1 heterocycles.